The first-order valence-corrected chi connectivity index (χ1v) is 26.0. The summed E-state index contributed by atoms with van der Waals surface area (Å²) in [5, 5.41) is 33.3. The third-order valence-electron chi connectivity index (χ3n) is 14.9. The summed E-state index contributed by atoms with van der Waals surface area (Å²) in [6.07, 6.45) is -4.78. The van der Waals surface area contributed by atoms with Gasteiger partial charge in [0.1, 0.15) is 0 Å². The van der Waals surface area contributed by atoms with Crippen LogP contribution in [0.1, 0.15) is 22.3 Å². The van der Waals surface area contributed by atoms with E-state index in [0.29, 0.717) is 89.4 Å². The fraction of sp³-hybridized carbons (Fsp3) is 0.0143. The lowest BCUT2D eigenvalue weighted by Crippen LogP contribution is -2.08. The van der Waals surface area contributed by atoms with E-state index in [0.717, 1.165) is 39.5 Å². The maximum absolute atomic E-state index is 15.4. The number of fused-ring (bicyclic) bond motifs is 6. The van der Waals surface area contributed by atoms with Crippen molar-refractivity contribution in [2.45, 2.75) is 6.18 Å². The van der Waals surface area contributed by atoms with Crippen molar-refractivity contribution in [3.63, 3.8) is 0 Å². The van der Waals surface area contributed by atoms with Crippen LogP contribution in [0.3, 0.4) is 0 Å². The van der Waals surface area contributed by atoms with E-state index in [1.165, 1.54) is 30.3 Å². The maximum atomic E-state index is 15.4. The van der Waals surface area contributed by atoms with E-state index in [4.69, 9.17) is 34.7 Å². The number of hydrogen-bond acceptors (Lipinski definition) is 6. The molecule has 13 aromatic rings. The Labute approximate surface area is 477 Å². The summed E-state index contributed by atoms with van der Waals surface area (Å²) < 4.78 is 50.2. The van der Waals surface area contributed by atoms with Crippen molar-refractivity contribution in [2.75, 3.05) is 0 Å². The van der Waals surface area contributed by atoms with E-state index in [9.17, 15) is 15.8 Å². The lowest BCUT2D eigenvalue weighted by atomic mass is 9.95. The molecule has 0 aliphatic carbocycles. The lowest BCUT2D eigenvalue weighted by molar-refractivity contribution is -0.137. The van der Waals surface area contributed by atoms with Gasteiger partial charge in [-0.25, -0.2) is 29.5 Å². The molecule has 0 radical (unpaired) electrons. The van der Waals surface area contributed by atoms with E-state index in [1.54, 1.807) is 16.7 Å². The predicted molar refractivity (Wildman–Crippen MR) is 319 cm³/mol. The molecule has 0 bridgehead atoms. The van der Waals surface area contributed by atoms with Crippen LogP contribution in [0.5, 0.6) is 0 Å². The van der Waals surface area contributed by atoms with Crippen LogP contribution in [-0.4, -0.2) is 24.1 Å². The molecular formula is C70H34F3N11. The van der Waals surface area contributed by atoms with Gasteiger partial charge < -0.3 is 9.13 Å². The molecule has 84 heavy (non-hydrogen) atoms. The SMILES string of the molecule is [C-]#[N+]c1cc(C#N)c(-c2ccc3c(c2)c2ccccc2n3-c2cc(C(F)(F)F)ccc2-c2cc(-c3nc(-c4ccccc4)nc(-c4ccccc4)n3)ccc2-n2c3ccccc3c3cc(-c4c(C#N)cc(C#N)cc4[N+]#[C-])ccc32)c([N+]#[C-])c1. The molecule has 10 aromatic carbocycles. The fourth-order valence-corrected chi connectivity index (χ4v) is 11.2. The van der Waals surface area contributed by atoms with Crippen LogP contribution in [0.25, 0.3) is 137 Å². The molecule has 0 fully saturated rings. The number of alkyl halides is 3. The Hall–Kier alpha value is -12.5. The van der Waals surface area contributed by atoms with E-state index < -0.39 is 11.7 Å². The van der Waals surface area contributed by atoms with Gasteiger partial charge in [-0.15, -0.1) is 0 Å². The Morgan fingerprint density at radius 2 is 0.881 bits per heavy atom. The first-order valence-electron chi connectivity index (χ1n) is 26.0. The highest BCUT2D eigenvalue weighted by atomic mass is 19.4. The fourth-order valence-electron chi connectivity index (χ4n) is 11.2. The Kier molecular flexibility index (Phi) is 12.3. The zero-order valence-electron chi connectivity index (χ0n) is 43.7. The summed E-state index contributed by atoms with van der Waals surface area (Å²) in [4.78, 5) is 26.0. The number of nitriles is 3. The van der Waals surface area contributed by atoms with Gasteiger partial charge in [0, 0.05) is 71.6 Å². The van der Waals surface area contributed by atoms with Crippen LogP contribution >= 0.6 is 0 Å². The highest BCUT2D eigenvalue weighted by molar-refractivity contribution is 6.13. The molecule has 0 unspecified atom stereocenters. The minimum Gasteiger partial charge on any atom is -0.309 e. The van der Waals surface area contributed by atoms with Gasteiger partial charge in [0.2, 0.25) is 0 Å². The van der Waals surface area contributed by atoms with E-state index >= 15 is 13.2 Å². The van der Waals surface area contributed by atoms with E-state index in [-0.39, 0.29) is 39.4 Å². The Balaban J connectivity index is 1.12. The molecule has 0 amide bonds. The second kappa shape index (κ2) is 20.3. The van der Waals surface area contributed by atoms with Crippen molar-refractivity contribution in [3.05, 3.63) is 263 Å². The molecule has 0 saturated heterocycles. The van der Waals surface area contributed by atoms with Gasteiger partial charge in [-0.05, 0) is 96.1 Å². The van der Waals surface area contributed by atoms with Gasteiger partial charge >= 0.3 is 6.18 Å². The molecule has 0 N–H and O–H groups in total. The van der Waals surface area contributed by atoms with Gasteiger partial charge in [0.25, 0.3) is 0 Å². The normalized spacial score (nSPS) is 11.2. The minimum absolute atomic E-state index is 0.108. The summed E-state index contributed by atoms with van der Waals surface area (Å²) in [7, 11) is 0. The van der Waals surface area contributed by atoms with Gasteiger partial charge in [-0.2, -0.15) is 29.0 Å². The van der Waals surface area contributed by atoms with E-state index in [1.807, 2.05) is 156 Å². The summed E-state index contributed by atoms with van der Waals surface area (Å²) in [5.41, 5.74) is 7.89. The Morgan fingerprint density at radius 1 is 0.393 bits per heavy atom. The number of aromatic nitrogens is 5. The highest BCUT2D eigenvalue weighted by Gasteiger charge is 2.33. The third-order valence-corrected chi connectivity index (χ3v) is 14.9. The summed E-state index contributed by atoms with van der Waals surface area (Å²) >= 11 is 0. The first kappa shape index (κ1) is 51.0. The average Bonchev–Trinajstić information content (AvgIpc) is 2.03. The number of benzene rings is 10. The molecule has 14 heteroatoms. The molecule has 0 spiro atoms. The van der Waals surface area contributed by atoms with Crippen molar-refractivity contribution in [2.24, 2.45) is 0 Å². The Morgan fingerprint density at radius 3 is 1.40 bits per heavy atom. The molecule has 0 saturated carbocycles. The largest absolute Gasteiger partial charge is 0.416 e. The van der Waals surface area contributed by atoms with Crippen LogP contribution < -0.4 is 0 Å². The molecule has 0 aliphatic rings. The molecule has 0 atom stereocenters. The summed E-state index contributed by atoms with van der Waals surface area (Å²) in [5.74, 6) is 1.10. The minimum atomic E-state index is -4.78. The predicted octanol–water partition coefficient (Wildman–Crippen LogP) is 18.4. The topological polar surface area (TPSA) is 133 Å². The third kappa shape index (κ3) is 8.54. The number of halogens is 3. The maximum Gasteiger partial charge on any atom is 0.416 e. The molecule has 13 rings (SSSR count). The van der Waals surface area contributed by atoms with Crippen LogP contribution in [-0.2, 0) is 6.18 Å². The lowest BCUT2D eigenvalue weighted by Gasteiger charge is -2.21. The second-order valence-corrected chi connectivity index (χ2v) is 19.6. The smallest absolute Gasteiger partial charge is 0.309 e. The van der Waals surface area contributed by atoms with Crippen molar-refractivity contribution in [1.29, 1.82) is 15.8 Å². The second-order valence-electron chi connectivity index (χ2n) is 19.6. The number of nitrogens with zero attached hydrogens (tertiary/aromatic N) is 11. The monoisotopic (exact) mass is 1090 g/mol. The molecule has 11 nitrogen and oxygen atoms in total. The average molecular weight is 1090 g/mol. The molecule has 390 valence electrons. The van der Waals surface area contributed by atoms with Crippen LogP contribution in [0.15, 0.2) is 206 Å². The summed E-state index contributed by atoms with van der Waals surface area (Å²) in [6, 6.07) is 66.6. The van der Waals surface area contributed by atoms with Crippen LogP contribution in [0.4, 0.5) is 30.2 Å². The number of rotatable bonds is 8. The quantitative estimate of drug-likeness (QED) is 0.139. The number of hydrogen-bond donors (Lipinski definition) is 0. The zero-order chi connectivity index (χ0) is 57.8. The molecule has 3 heterocycles. The Bertz CT molecular complexity index is 5080. The van der Waals surface area contributed by atoms with E-state index in [2.05, 4.69) is 32.7 Å². The number of para-hydroxylation sites is 2. The van der Waals surface area contributed by atoms with Gasteiger partial charge in [-0.3, -0.25) is 0 Å². The van der Waals surface area contributed by atoms with Crippen molar-refractivity contribution >= 4 is 60.7 Å². The molecule has 0 aliphatic heterocycles. The van der Waals surface area contributed by atoms with Gasteiger partial charge in [0.05, 0.1) is 82.5 Å². The van der Waals surface area contributed by atoms with Crippen LogP contribution in [0, 0.1) is 53.7 Å². The summed E-state index contributed by atoms with van der Waals surface area (Å²) in [6.45, 7) is 23.7. The molecular weight excluding hydrogens is 1050 g/mol. The highest BCUT2D eigenvalue weighted by Crippen LogP contribution is 2.47. The standard InChI is InChI=1S/C70H34F3N11/c1-77-50-32-48(40-76)66(58(37-50)79-3)45-23-28-63-55(34-45)52-19-11-13-21-60(52)84(63)64-36-49(70(71,72)73)25-26-53(64)56-35-46(69-81-67(42-14-6-4-7-15-42)80-68(82-69)43-16-8-5-9-17-43)24-29-62(56)83-59-20-12-10-18-51(59)54-33-44(22-27-61(54)83)65-47(39-75)30-41(38-74)31-57(65)78-2/h4-37H. The van der Waals surface area contributed by atoms with Gasteiger partial charge in [0.15, 0.2) is 34.5 Å². The van der Waals surface area contributed by atoms with Crippen molar-refractivity contribution in [3.8, 4) is 97.1 Å². The van der Waals surface area contributed by atoms with Crippen molar-refractivity contribution in [1.82, 2.24) is 24.1 Å². The zero-order valence-corrected chi connectivity index (χ0v) is 43.7. The van der Waals surface area contributed by atoms with Gasteiger partial charge in [-0.1, -0.05) is 121 Å². The van der Waals surface area contributed by atoms with Crippen LogP contribution in [0.2, 0.25) is 0 Å². The first-order chi connectivity index (χ1) is 41.0. The molecule has 3 aromatic heterocycles. The van der Waals surface area contributed by atoms with Crippen molar-refractivity contribution < 1.29 is 13.2 Å².